The first-order valence-corrected chi connectivity index (χ1v) is 7.98. The van der Waals surface area contributed by atoms with Gasteiger partial charge in [0, 0.05) is 12.0 Å². The third-order valence-electron chi connectivity index (χ3n) is 5.30. The Balaban J connectivity index is 2.25. The molecule has 20 heavy (non-hydrogen) atoms. The summed E-state index contributed by atoms with van der Waals surface area (Å²) < 4.78 is 0. The number of carboxylic acids is 1. The molecule has 1 N–H and O–H groups in total. The summed E-state index contributed by atoms with van der Waals surface area (Å²) in [6, 6.07) is -0.449. The fourth-order valence-electron chi connectivity index (χ4n) is 3.71. The van der Waals surface area contributed by atoms with E-state index in [1.54, 1.807) is 4.90 Å². The van der Waals surface area contributed by atoms with Crippen LogP contribution in [0.5, 0.6) is 0 Å². The lowest BCUT2D eigenvalue weighted by atomic mass is 9.75. The fraction of sp³-hybridized carbons (Fsp3) is 0.875. The second kappa shape index (κ2) is 6.15. The Morgan fingerprint density at radius 2 is 1.70 bits per heavy atom. The molecule has 0 aromatic heterocycles. The number of fused-ring (bicyclic) bond motifs is 1. The fourth-order valence-corrected chi connectivity index (χ4v) is 3.71. The summed E-state index contributed by atoms with van der Waals surface area (Å²) in [7, 11) is 0. The molecule has 1 heterocycles. The maximum Gasteiger partial charge on any atom is 0.326 e. The van der Waals surface area contributed by atoms with E-state index in [1.807, 2.05) is 20.8 Å². The van der Waals surface area contributed by atoms with Gasteiger partial charge in [0.15, 0.2) is 0 Å². The Hall–Kier alpha value is -1.06. The second-order valence-corrected chi connectivity index (χ2v) is 6.82. The zero-order chi connectivity index (χ0) is 14.9. The number of piperidine rings is 1. The minimum atomic E-state index is -0.835. The average molecular weight is 281 g/mol. The van der Waals surface area contributed by atoms with E-state index in [9.17, 15) is 14.7 Å². The van der Waals surface area contributed by atoms with E-state index in [2.05, 4.69) is 0 Å². The van der Waals surface area contributed by atoms with Gasteiger partial charge in [-0.3, -0.25) is 4.79 Å². The molecule has 2 rings (SSSR count). The summed E-state index contributed by atoms with van der Waals surface area (Å²) in [5.41, 5.74) is 0. The van der Waals surface area contributed by atoms with Gasteiger partial charge in [-0.05, 0) is 37.5 Å². The van der Waals surface area contributed by atoms with Gasteiger partial charge in [0.05, 0.1) is 0 Å². The maximum atomic E-state index is 12.8. The Morgan fingerprint density at radius 1 is 1.05 bits per heavy atom. The van der Waals surface area contributed by atoms with Crippen LogP contribution in [0.2, 0.25) is 0 Å². The number of hydrogen-bond acceptors (Lipinski definition) is 2. The molecule has 114 valence electrons. The SMILES string of the molecule is CC(C)C(C)C(=O)N1C(C(=O)O)CCC2CCCCC21. The second-order valence-electron chi connectivity index (χ2n) is 6.82. The highest BCUT2D eigenvalue weighted by atomic mass is 16.4. The molecule has 2 fully saturated rings. The van der Waals surface area contributed by atoms with E-state index >= 15 is 0 Å². The molecule has 0 radical (unpaired) electrons. The Labute approximate surface area is 121 Å². The molecule has 1 saturated carbocycles. The normalized spacial score (nSPS) is 31.8. The largest absolute Gasteiger partial charge is 0.480 e. The molecule has 0 spiro atoms. The molecule has 0 bridgehead atoms. The van der Waals surface area contributed by atoms with Crippen LogP contribution in [0, 0.1) is 17.8 Å². The van der Waals surface area contributed by atoms with Crippen molar-refractivity contribution in [3.8, 4) is 0 Å². The predicted octanol–water partition coefficient (Wildman–Crippen LogP) is 2.91. The van der Waals surface area contributed by atoms with Crippen molar-refractivity contribution in [2.24, 2.45) is 17.8 Å². The van der Waals surface area contributed by atoms with E-state index in [1.165, 1.54) is 6.42 Å². The number of carbonyl (C=O) groups excluding carboxylic acids is 1. The zero-order valence-corrected chi connectivity index (χ0v) is 12.8. The topological polar surface area (TPSA) is 57.6 Å². The van der Waals surface area contributed by atoms with Crippen molar-refractivity contribution in [3.63, 3.8) is 0 Å². The molecule has 4 nitrogen and oxygen atoms in total. The highest BCUT2D eigenvalue weighted by Gasteiger charge is 2.44. The first-order chi connectivity index (χ1) is 9.43. The first kappa shape index (κ1) is 15.3. The van der Waals surface area contributed by atoms with Gasteiger partial charge in [-0.1, -0.05) is 33.6 Å². The Kier molecular flexibility index (Phi) is 4.71. The minimum absolute atomic E-state index is 0.0454. The third-order valence-corrected chi connectivity index (χ3v) is 5.30. The quantitative estimate of drug-likeness (QED) is 0.865. The average Bonchev–Trinajstić information content (AvgIpc) is 2.44. The van der Waals surface area contributed by atoms with Gasteiger partial charge in [0.25, 0.3) is 0 Å². The molecule has 1 aliphatic carbocycles. The number of likely N-dealkylation sites (tertiary alicyclic amines) is 1. The number of aliphatic carboxylic acids is 1. The lowest BCUT2D eigenvalue weighted by Crippen LogP contribution is -2.58. The summed E-state index contributed by atoms with van der Waals surface area (Å²) in [5.74, 6) is -0.122. The van der Waals surface area contributed by atoms with E-state index in [0.29, 0.717) is 12.3 Å². The van der Waals surface area contributed by atoms with Gasteiger partial charge >= 0.3 is 5.97 Å². The summed E-state index contributed by atoms with van der Waals surface area (Å²) in [5, 5.41) is 9.47. The number of hydrogen-bond donors (Lipinski definition) is 1. The third kappa shape index (κ3) is 2.84. The van der Waals surface area contributed by atoms with Crippen molar-refractivity contribution in [3.05, 3.63) is 0 Å². The van der Waals surface area contributed by atoms with Crippen LogP contribution in [-0.2, 0) is 9.59 Å². The van der Waals surface area contributed by atoms with Crippen molar-refractivity contribution in [2.75, 3.05) is 0 Å². The Bertz CT molecular complexity index is 380. The molecular weight excluding hydrogens is 254 g/mol. The van der Waals surface area contributed by atoms with Crippen LogP contribution in [0.15, 0.2) is 0 Å². The van der Waals surface area contributed by atoms with Crippen molar-refractivity contribution >= 4 is 11.9 Å². The highest BCUT2D eigenvalue weighted by Crippen LogP contribution is 2.39. The van der Waals surface area contributed by atoms with Crippen LogP contribution in [0.3, 0.4) is 0 Å². The molecular formula is C16H27NO3. The zero-order valence-electron chi connectivity index (χ0n) is 12.8. The first-order valence-electron chi connectivity index (χ1n) is 7.98. The van der Waals surface area contributed by atoms with Crippen molar-refractivity contribution in [2.45, 2.75) is 71.4 Å². The van der Waals surface area contributed by atoms with Crippen molar-refractivity contribution in [1.82, 2.24) is 4.90 Å². The van der Waals surface area contributed by atoms with Crippen LogP contribution in [0.4, 0.5) is 0 Å². The molecule has 1 aliphatic heterocycles. The lowest BCUT2D eigenvalue weighted by Gasteiger charge is -2.48. The highest BCUT2D eigenvalue weighted by molar-refractivity contribution is 5.85. The smallest absolute Gasteiger partial charge is 0.326 e. The molecule has 1 amide bonds. The van der Waals surface area contributed by atoms with Crippen LogP contribution in [0.25, 0.3) is 0 Å². The number of nitrogens with zero attached hydrogens (tertiary/aromatic N) is 1. The summed E-state index contributed by atoms with van der Waals surface area (Å²) in [6.45, 7) is 5.99. The van der Waals surface area contributed by atoms with Gasteiger partial charge in [0.1, 0.15) is 6.04 Å². The van der Waals surface area contributed by atoms with Crippen molar-refractivity contribution in [1.29, 1.82) is 0 Å². The van der Waals surface area contributed by atoms with Gasteiger partial charge in [-0.2, -0.15) is 0 Å². The number of amides is 1. The van der Waals surface area contributed by atoms with Crippen LogP contribution >= 0.6 is 0 Å². The Morgan fingerprint density at radius 3 is 2.30 bits per heavy atom. The molecule has 0 aromatic carbocycles. The van der Waals surface area contributed by atoms with E-state index in [0.717, 1.165) is 25.7 Å². The van der Waals surface area contributed by atoms with Gasteiger partial charge < -0.3 is 10.0 Å². The van der Waals surface area contributed by atoms with Crippen LogP contribution in [-0.4, -0.2) is 34.0 Å². The molecule has 2 aliphatic rings. The van der Waals surface area contributed by atoms with E-state index in [4.69, 9.17) is 0 Å². The predicted molar refractivity (Wildman–Crippen MR) is 77.3 cm³/mol. The van der Waals surface area contributed by atoms with Gasteiger partial charge in [0.2, 0.25) is 5.91 Å². The van der Waals surface area contributed by atoms with Gasteiger partial charge in [-0.25, -0.2) is 4.79 Å². The van der Waals surface area contributed by atoms with Crippen LogP contribution in [0.1, 0.15) is 59.3 Å². The number of carbonyl (C=O) groups is 2. The summed E-state index contributed by atoms with van der Waals surface area (Å²) in [6.07, 6.45) is 6.05. The molecule has 0 aromatic rings. The summed E-state index contributed by atoms with van der Waals surface area (Å²) in [4.78, 5) is 26.1. The van der Waals surface area contributed by atoms with Crippen molar-refractivity contribution < 1.29 is 14.7 Å². The lowest BCUT2D eigenvalue weighted by molar-refractivity contribution is -0.161. The van der Waals surface area contributed by atoms with E-state index < -0.39 is 12.0 Å². The molecule has 4 atom stereocenters. The minimum Gasteiger partial charge on any atom is -0.480 e. The van der Waals surface area contributed by atoms with Gasteiger partial charge in [-0.15, -0.1) is 0 Å². The molecule has 4 heteroatoms. The number of carboxylic acid groups (broad SMARTS) is 1. The standard InChI is InChI=1S/C16H27NO3/c1-10(2)11(3)15(18)17-13-7-5-4-6-12(13)8-9-14(17)16(19)20/h10-14H,4-9H2,1-3H3,(H,19,20). The maximum absolute atomic E-state index is 12.8. The molecule has 1 saturated heterocycles. The monoisotopic (exact) mass is 281 g/mol. The summed E-state index contributed by atoms with van der Waals surface area (Å²) >= 11 is 0. The van der Waals surface area contributed by atoms with E-state index in [-0.39, 0.29) is 23.8 Å². The van der Waals surface area contributed by atoms with Crippen LogP contribution < -0.4 is 0 Å². The number of rotatable bonds is 3. The molecule has 4 unspecified atom stereocenters.